The van der Waals surface area contributed by atoms with Crippen LogP contribution in [0.25, 0.3) is 0 Å². The highest BCUT2D eigenvalue weighted by molar-refractivity contribution is 5.80. The predicted molar refractivity (Wildman–Crippen MR) is 107 cm³/mol. The minimum Gasteiger partial charge on any atom is -0.300 e. The van der Waals surface area contributed by atoms with E-state index in [1.807, 2.05) is 12.2 Å². The summed E-state index contributed by atoms with van der Waals surface area (Å²) in [5.74, 6) is 1.24. The molecule has 0 amide bonds. The standard InChI is InChI=1S/C13H22O.C7H12O.CH3NO/c1-2-3-4-5-6-7-8-12-9-10-13(14)11-12;1-3-4-5-6-7(2)8;1-2-3/h7-8,12H,2-6,9-11H2,1H3;4-5H,3,6H2,1-2H3;1H3/b8-7+;5-4+;. The summed E-state index contributed by atoms with van der Waals surface area (Å²) in [5, 5.41) is 2.25. The van der Waals surface area contributed by atoms with Gasteiger partial charge < -0.3 is 0 Å². The molecule has 1 unspecified atom stereocenters. The Hall–Kier alpha value is -1.58. The zero-order valence-corrected chi connectivity index (χ0v) is 16.6. The monoisotopic (exact) mass is 351 g/mol. The van der Waals surface area contributed by atoms with Crippen molar-refractivity contribution in [2.75, 3.05) is 7.05 Å². The van der Waals surface area contributed by atoms with Crippen molar-refractivity contribution in [2.24, 2.45) is 11.1 Å². The SMILES string of the molecule is CC/C=C/CC(C)=O.CCCCCC/C=C/C1CCC(=O)C1.CN=O. The second kappa shape index (κ2) is 20.5. The molecule has 0 aromatic carbocycles. The first-order valence-electron chi connectivity index (χ1n) is 9.55. The quantitative estimate of drug-likeness (QED) is 0.282. The van der Waals surface area contributed by atoms with Gasteiger partial charge in [0.15, 0.2) is 0 Å². The smallest absolute Gasteiger partial charge is 0.133 e. The number of carbonyl (C=O) groups excluding carboxylic acids is 2. The van der Waals surface area contributed by atoms with E-state index in [0.717, 1.165) is 25.7 Å². The average Bonchev–Trinajstić information content (AvgIpc) is 2.97. The van der Waals surface area contributed by atoms with Gasteiger partial charge in [-0.3, -0.25) is 9.59 Å². The maximum Gasteiger partial charge on any atom is 0.133 e. The summed E-state index contributed by atoms with van der Waals surface area (Å²) >= 11 is 0. The van der Waals surface area contributed by atoms with Crippen molar-refractivity contribution in [1.82, 2.24) is 0 Å². The molecule has 1 rings (SSSR count). The highest BCUT2D eigenvalue weighted by Gasteiger charge is 2.18. The Kier molecular flexibility index (Phi) is 21.0. The molecule has 1 saturated carbocycles. The van der Waals surface area contributed by atoms with Gasteiger partial charge in [-0.1, -0.05) is 62.6 Å². The largest absolute Gasteiger partial charge is 0.300 e. The highest BCUT2D eigenvalue weighted by Crippen LogP contribution is 2.23. The van der Waals surface area contributed by atoms with Gasteiger partial charge in [0.25, 0.3) is 0 Å². The molecule has 0 aliphatic heterocycles. The number of Topliss-reactive ketones (excluding diaryl/α,β-unsaturated/α-hetero) is 2. The van der Waals surface area contributed by atoms with Crippen molar-refractivity contribution in [3.8, 4) is 0 Å². The van der Waals surface area contributed by atoms with Gasteiger partial charge in [0, 0.05) is 19.3 Å². The summed E-state index contributed by atoms with van der Waals surface area (Å²) < 4.78 is 0. The van der Waals surface area contributed by atoms with E-state index in [-0.39, 0.29) is 5.78 Å². The van der Waals surface area contributed by atoms with Crippen LogP contribution in [0.5, 0.6) is 0 Å². The zero-order valence-electron chi connectivity index (χ0n) is 16.6. The topological polar surface area (TPSA) is 63.6 Å². The van der Waals surface area contributed by atoms with Crippen LogP contribution in [0.15, 0.2) is 29.5 Å². The van der Waals surface area contributed by atoms with Crippen molar-refractivity contribution in [2.45, 2.75) is 85.0 Å². The third-order valence-electron chi connectivity index (χ3n) is 3.72. The van der Waals surface area contributed by atoms with Crippen molar-refractivity contribution in [3.05, 3.63) is 29.2 Å². The minimum atomic E-state index is 0.231. The summed E-state index contributed by atoms with van der Waals surface area (Å²) in [6, 6.07) is 0. The molecule has 1 atom stereocenters. The Labute approximate surface area is 154 Å². The average molecular weight is 352 g/mol. The van der Waals surface area contributed by atoms with Crippen LogP contribution in [0.3, 0.4) is 0 Å². The normalized spacial score (nSPS) is 16.3. The summed E-state index contributed by atoms with van der Waals surface area (Å²) in [7, 11) is 1.19. The Bertz CT molecular complexity index is 400. The van der Waals surface area contributed by atoms with Gasteiger partial charge in [-0.05, 0) is 38.5 Å². The number of unbranched alkanes of at least 4 members (excludes halogenated alkanes) is 4. The molecule has 1 fully saturated rings. The molecule has 0 aromatic rings. The maximum atomic E-state index is 11.0. The number of allylic oxidation sites excluding steroid dienone is 4. The van der Waals surface area contributed by atoms with Crippen molar-refractivity contribution < 1.29 is 9.59 Å². The highest BCUT2D eigenvalue weighted by atomic mass is 16.2. The number of rotatable bonds is 9. The van der Waals surface area contributed by atoms with E-state index in [2.05, 4.69) is 31.2 Å². The third kappa shape index (κ3) is 22.4. The van der Waals surface area contributed by atoms with E-state index in [1.165, 1.54) is 39.2 Å². The molecular weight excluding hydrogens is 314 g/mol. The first-order valence-corrected chi connectivity index (χ1v) is 9.55. The minimum absolute atomic E-state index is 0.231. The van der Waals surface area contributed by atoms with Crippen LogP contribution < -0.4 is 0 Å². The molecule has 0 heterocycles. The number of hydrogen-bond acceptors (Lipinski definition) is 4. The summed E-state index contributed by atoms with van der Waals surface area (Å²) in [6.45, 7) is 5.89. The van der Waals surface area contributed by atoms with Crippen LogP contribution in [0.2, 0.25) is 0 Å². The van der Waals surface area contributed by atoms with Gasteiger partial charge in [-0.2, -0.15) is 4.91 Å². The van der Waals surface area contributed by atoms with Crippen LogP contribution in [0, 0.1) is 10.8 Å². The zero-order chi connectivity index (χ0) is 19.3. The summed E-state index contributed by atoms with van der Waals surface area (Å²) in [4.78, 5) is 29.8. The lowest BCUT2D eigenvalue weighted by molar-refractivity contribution is -0.117. The Balaban J connectivity index is 0. The maximum absolute atomic E-state index is 11.0. The van der Waals surface area contributed by atoms with Crippen molar-refractivity contribution in [3.63, 3.8) is 0 Å². The van der Waals surface area contributed by atoms with Crippen LogP contribution in [0.1, 0.15) is 85.0 Å². The van der Waals surface area contributed by atoms with Gasteiger partial charge in [-0.15, -0.1) is 0 Å². The second-order valence-corrected chi connectivity index (χ2v) is 6.29. The van der Waals surface area contributed by atoms with Gasteiger partial charge in [0.05, 0.1) is 7.05 Å². The molecule has 0 radical (unpaired) electrons. The van der Waals surface area contributed by atoms with E-state index in [9.17, 15) is 9.59 Å². The second-order valence-electron chi connectivity index (χ2n) is 6.29. The fourth-order valence-electron chi connectivity index (χ4n) is 2.40. The molecule has 4 nitrogen and oxygen atoms in total. The molecule has 0 saturated heterocycles. The molecule has 0 bridgehead atoms. The van der Waals surface area contributed by atoms with E-state index < -0.39 is 0 Å². The Morgan fingerprint density at radius 1 is 1.16 bits per heavy atom. The van der Waals surface area contributed by atoms with Gasteiger partial charge in [-0.25, -0.2) is 0 Å². The summed E-state index contributed by atoms with van der Waals surface area (Å²) in [6.07, 6.45) is 19.3. The lowest BCUT2D eigenvalue weighted by Crippen LogP contribution is -1.89. The number of ketones is 2. The first kappa shape index (κ1) is 25.7. The van der Waals surface area contributed by atoms with Gasteiger partial charge >= 0.3 is 0 Å². The Morgan fingerprint density at radius 3 is 2.32 bits per heavy atom. The van der Waals surface area contributed by atoms with Crippen LogP contribution in [-0.4, -0.2) is 18.6 Å². The molecule has 144 valence electrons. The number of nitroso groups, excluding NO2 is 1. The fraction of sp³-hybridized carbons (Fsp3) is 0.714. The van der Waals surface area contributed by atoms with Gasteiger partial charge in [0.1, 0.15) is 11.6 Å². The van der Waals surface area contributed by atoms with Crippen molar-refractivity contribution in [1.29, 1.82) is 0 Å². The lowest BCUT2D eigenvalue weighted by atomic mass is 10.1. The molecule has 0 aromatic heterocycles. The van der Waals surface area contributed by atoms with Gasteiger partial charge in [0.2, 0.25) is 0 Å². The molecule has 1 aliphatic carbocycles. The number of nitrogens with zero attached hydrogens (tertiary/aromatic N) is 1. The third-order valence-corrected chi connectivity index (χ3v) is 3.72. The van der Waals surface area contributed by atoms with Crippen LogP contribution in [-0.2, 0) is 9.59 Å². The first-order chi connectivity index (χ1) is 12.0. The van der Waals surface area contributed by atoms with E-state index in [4.69, 9.17) is 4.91 Å². The molecule has 4 heteroatoms. The predicted octanol–water partition coefficient (Wildman–Crippen LogP) is 6.20. The fourth-order valence-corrected chi connectivity index (χ4v) is 2.40. The van der Waals surface area contributed by atoms with Crippen LogP contribution in [0.4, 0.5) is 0 Å². The Morgan fingerprint density at radius 2 is 1.84 bits per heavy atom. The molecule has 0 spiro atoms. The van der Waals surface area contributed by atoms with Crippen LogP contribution >= 0.6 is 0 Å². The molecule has 1 aliphatic rings. The summed E-state index contributed by atoms with van der Waals surface area (Å²) in [5.41, 5.74) is 0. The number of hydrogen-bond donors (Lipinski definition) is 0. The van der Waals surface area contributed by atoms with Crippen molar-refractivity contribution >= 4 is 11.6 Å². The molecule has 0 N–H and O–H groups in total. The van der Waals surface area contributed by atoms with E-state index in [0.29, 0.717) is 18.1 Å². The molecule has 25 heavy (non-hydrogen) atoms. The number of carbonyl (C=O) groups is 2. The van der Waals surface area contributed by atoms with E-state index >= 15 is 0 Å². The lowest BCUT2D eigenvalue weighted by Gasteiger charge is -1.99. The van der Waals surface area contributed by atoms with E-state index in [1.54, 1.807) is 6.92 Å². The molecular formula is C21H37NO3.